The van der Waals surface area contributed by atoms with Crippen molar-refractivity contribution >= 4 is 29.9 Å². The van der Waals surface area contributed by atoms with E-state index in [9.17, 15) is 4.39 Å². The van der Waals surface area contributed by atoms with Gasteiger partial charge in [0, 0.05) is 38.4 Å². The van der Waals surface area contributed by atoms with Crippen LogP contribution in [0.4, 0.5) is 4.39 Å². The lowest BCUT2D eigenvalue weighted by molar-refractivity contribution is 0.625. The molecule has 2 aromatic rings. The van der Waals surface area contributed by atoms with Gasteiger partial charge in [-0.15, -0.1) is 24.0 Å². The maximum atomic E-state index is 13.1. The topological polar surface area (TPSA) is 49.3 Å². The summed E-state index contributed by atoms with van der Waals surface area (Å²) >= 11 is 0. The predicted octanol–water partition coefficient (Wildman–Crippen LogP) is 3.10. The van der Waals surface area contributed by atoms with Gasteiger partial charge in [-0.3, -0.25) is 9.98 Å². The number of aryl methyl sites for hydroxylation is 1. The molecule has 0 aliphatic rings. The van der Waals surface area contributed by atoms with Gasteiger partial charge in [-0.1, -0.05) is 12.1 Å². The average Bonchev–Trinajstić information content (AvgIpc) is 2.56. The van der Waals surface area contributed by atoms with Gasteiger partial charge in [0.05, 0.1) is 0 Å². The average molecular weight is 442 g/mol. The van der Waals surface area contributed by atoms with E-state index in [0.29, 0.717) is 0 Å². The van der Waals surface area contributed by atoms with Crippen molar-refractivity contribution in [2.75, 3.05) is 20.1 Å². The first kappa shape index (κ1) is 20.3. The Hall–Kier alpha value is -1.70. The van der Waals surface area contributed by atoms with E-state index in [1.165, 1.54) is 6.07 Å². The molecule has 0 radical (unpaired) electrons. The van der Waals surface area contributed by atoms with Crippen molar-refractivity contribution < 1.29 is 4.39 Å². The van der Waals surface area contributed by atoms with Gasteiger partial charge in [-0.2, -0.15) is 0 Å². The summed E-state index contributed by atoms with van der Waals surface area (Å²) in [7, 11) is 1.75. The van der Waals surface area contributed by atoms with Crippen LogP contribution in [0.3, 0.4) is 0 Å². The zero-order chi connectivity index (χ0) is 16.5. The molecule has 0 aliphatic carbocycles. The van der Waals surface area contributed by atoms with Gasteiger partial charge in [-0.05, 0) is 48.7 Å². The number of aliphatic imine (C=N–C) groups is 1. The second-order valence-electron chi connectivity index (χ2n) is 5.32. The molecule has 0 amide bonds. The molecule has 24 heavy (non-hydrogen) atoms. The molecule has 0 bridgehead atoms. The maximum Gasteiger partial charge on any atom is 0.190 e. The van der Waals surface area contributed by atoms with Crippen LogP contribution in [0, 0.1) is 12.7 Å². The number of benzene rings is 1. The van der Waals surface area contributed by atoms with E-state index in [2.05, 4.69) is 20.6 Å². The fraction of sp³-hybridized carbons (Fsp3) is 0.333. The minimum atomic E-state index is -0.189. The fourth-order valence-corrected chi connectivity index (χ4v) is 2.33. The number of nitrogens with zero attached hydrogens (tertiary/aromatic N) is 2. The highest BCUT2D eigenvalue weighted by atomic mass is 127. The summed E-state index contributed by atoms with van der Waals surface area (Å²) in [6.45, 7) is 3.44. The highest BCUT2D eigenvalue weighted by Gasteiger charge is 2.02. The fourth-order valence-electron chi connectivity index (χ4n) is 2.33. The Morgan fingerprint density at radius 1 is 1.12 bits per heavy atom. The second kappa shape index (κ2) is 11.0. The Bertz CT molecular complexity index is 647. The molecule has 1 heterocycles. The first-order chi connectivity index (χ1) is 11.2. The van der Waals surface area contributed by atoms with Crippen molar-refractivity contribution in [2.24, 2.45) is 4.99 Å². The Morgan fingerprint density at radius 3 is 2.50 bits per heavy atom. The monoisotopic (exact) mass is 442 g/mol. The minimum absolute atomic E-state index is 0. The Morgan fingerprint density at radius 2 is 1.88 bits per heavy atom. The van der Waals surface area contributed by atoms with Crippen LogP contribution >= 0.6 is 24.0 Å². The minimum Gasteiger partial charge on any atom is -0.356 e. The molecule has 0 aliphatic heterocycles. The molecule has 1 aromatic carbocycles. The Kier molecular flexibility index (Phi) is 9.29. The summed E-state index contributed by atoms with van der Waals surface area (Å²) in [6, 6.07) is 10.8. The largest absolute Gasteiger partial charge is 0.356 e. The first-order valence-corrected chi connectivity index (χ1v) is 7.78. The molecule has 2 N–H and O–H groups in total. The van der Waals surface area contributed by atoms with E-state index in [1.54, 1.807) is 19.3 Å². The number of nitrogens with one attached hydrogen (secondary N) is 2. The molecule has 1 aromatic heterocycles. The smallest absolute Gasteiger partial charge is 0.190 e. The van der Waals surface area contributed by atoms with Crippen molar-refractivity contribution in [2.45, 2.75) is 19.8 Å². The van der Waals surface area contributed by atoms with Crippen molar-refractivity contribution in [3.8, 4) is 0 Å². The molecular formula is C18H24FIN4. The van der Waals surface area contributed by atoms with Crippen molar-refractivity contribution in [1.82, 2.24) is 15.6 Å². The Labute approximate surface area is 160 Å². The van der Waals surface area contributed by atoms with Crippen LogP contribution in [0.1, 0.15) is 16.8 Å². The van der Waals surface area contributed by atoms with Crippen molar-refractivity contribution in [3.63, 3.8) is 0 Å². The summed E-state index contributed by atoms with van der Waals surface area (Å²) in [4.78, 5) is 8.49. The van der Waals surface area contributed by atoms with Crippen LogP contribution in [0.15, 0.2) is 47.6 Å². The van der Waals surface area contributed by atoms with Crippen LogP contribution in [-0.2, 0) is 12.8 Å². The number of hydrogen-bond acceptors (Lipinski definition) is 2. The number of pyridine rings is 1. The van der Waals surface area contributed by atoms with Crippen molar-refractivity contribution in [3.05, 3.63) is 65.2 Å². The SMILES string of the molecule is CN=C(NCCc1ccccn1)NCCc1ccc(F)cc1C.I. The van der Waals surface area contributed by atoms with Gasteiger partial charge in [0.15, 0.2) is 5.96 Å². The summed E-state index contributed by atoms with van der Waals surface area (Å²) in [6.07, 6.45) is 3.47. The van der Waals surface area contributed by atoms with Crippen molar-refractivity contribution in [1.29, 1.82) is 0 Å². The number of aromatic nitrogens is 1. The molecule has 2 rings (SSSR count). The molecule has 6 heteroatoms. The first-order valence-electron chi connectivity index (χ1n) is 7.78. The standard InChI is InChI=1S/C18H23FN4.HI/c1-14-13-16(19)7-6-15(14)8-11-22-18(20-2)23-12-9-17-5-3-4-10-21-17;/h3-7,10,13H,8-9,11-12H2,1-2H3,(H2,20,22,23);1H. The molecule has 0 saturated heterocycles. The third kappa shape index (κ3) is 6.82. The van der Waals surface area contributed by atoms with Gasteiger partial charge >= 0.3 is 0 Å². The lowest BCUT2D eigenvalue weighted by atomic mass is 10.1. The molecular weight excluding hydrogens is 418 g/mol. The van der Waals surface area contributed by atoms with Crippen LogP contribution in [0.25, 0.3) is 0 Å². The lowest BCUT2D eigenvalue weighted by Crippen LogP contribution is -2.39. The summed E-state index contributed by atoms with van der Waals surface area (Å²) in [5.74, 6) is 0.576. The number of hydrogen-bond donors (Lipinski definition) is 2. The summed E-state index contributed by atoms with van der Waals surface area (Å²) in [5, 5.41) is 6.54. The number of rotatable bonds is 6. The lowest BCUT2D eigenvalue weighted by Gasteiger charge is -2.12. The quantitative estimate of drug-likeness (QED) is 0.411. The third-order valence-corrected chi connectivity index (χ3v) is 3.61. The van der Waals surface area contributed by atoms with E-state index in [1.807, 2.05) is 31.2 Å². The van der Waals surface area contributed by atoms with E-state index >= 15 is 0 Å². The molecule has 0 spiro atoms. The van der Waals surface area contributed by atoms with E-state index in [-0.39, 0.29) is 29.8 Å². The maximum absolute atomic E-state index is 13.1. The van der Waals surface area contributed by atoms with E-state index < -0.39 is 0 Å². The Balaban J connectivity index is 0.00000288. The van der Waals surface area contributed by atoms with Crippen LogP contribution in [0.5, 0.6) is 0 Å². The second-order valence-corrected chi connectivity index (χ2v) is 5.32. The third-order valence-electron chi connectivity index (χ3n) is 3.61. The molecule has 130 valence electrons. The van der Waals surface area contributed by atoms with E-state index in [0.717, 1.165) is 48.7 Å². The summed E-state index contributed by atoms with van der Waals surface area (Å²) < 4.78 is 13.1. The van der Waals surface area contributed by atoms with Crippen LogP contribution < -0.4 is 10.6 Å². The number of guanidine groups is 1. The zero-order valence-electron chi connectivity index (χ0n) is 14.1. The highest BCUT2D eigenvalue weighted by molar-refractivity contribution is 14.0. The molecule has 0 atom stereocenters. The van der Waals surface area contributed by atoms with Gasteiger partial charge in [0.1, 0.15) is 5.82 Å². The predicted molar refractivity (Wildman–Crippen MR) is 108 cm³/mol. The van der Waals surface area contributed by atoms with Crippen LogP contribution in [-0.4, -0.2) is 31.1 Å². The molecule has 0 unspecified atom stereocenters. The normalized spacial score (nSPS) is 10.9. The zero-order valence-corrected chi connectivity index (χ0v) is 16.4. The molecule has 0 saturated carbocycles. The highest BCUT2D eigenvalue weighted by Crippen LogP contribution is 2.10. The number of halogens is 2. The van der Waals surface area contributed by atoms with Crippen LogP contribution in [0.2, 0.25) is 0 Å². The molecule has 4 nitrogen and oxygen atoms in total. The summed E-state index contributed by atoms with van der Waals surface area (Å²) in [5.41, 5.74) is 3.17. The van der Waals surface area contributed by atoms with Gasteiger partial charge < -0.3 is 10.6 Å². The van der Waals surface area contributed by atoms with Gasteiger partial charge in [0.2, 0.25) is 0 Å². The van der Waals surface area contributed by atoms with E-state index in [4.69, 9.17) is 0 Å². The van der Waals surface area contributed by atoms with Gasteiger partial charge in [0.25, 0.3) is 0 Å². The van der Waals surface area contributed by atoms with Gasteiger partial charge in [-0.25, -0.2) is 4.39 Å². The molecule has 0 fully saturated rings.